The van der Waals surface area contributed by atoms with Crippen molar-refractivity contribution < 1.29 is 28.3 Å². The quantitative estimate of drug-likeness (QED) is 0.661. The first-order valence-corrected chi connectivity index (χ1v) is 9.32. The average Bonchev–Trinajstić information content (AvgIpc) is 2.84. The van der Waals surface area contributed by atoms with E-state index in [0.717, 1.165) is 17.1 Å². The Morgan fingerprint density at radius 1 is 1.13 bits per heavy atom. The molecule has 10 heteroatoms. The number of hydrogen-bond donors (Lipinski definition) is 3. The monoisotopic (exact) mass is 430 g/mol. The van der Waals surface area contributed by atoms with Crippen LogP contribution in [0.5, 0.6) is 0 Å². The van der Waals surface area contributed by atoms with Gasteiger partial charge >= 0.3 is 0 Å². The molecule has 0 saturated heterocycles. The van der Waals surface area contributed by atoms with Gasteiger partial charge in [-0.15, -0.1) is 0 Å². The van der Waals surface area contributed by atoms with E-state index in [4.69, 9.17) is 0 Å². The second-order valence-electron chi connectivity index (χ2n) is 7.01. The summed E-state index contributed by atoms with van der Waals surface area (Å²) in [5.41, 5.74) is 0.878. The standard InChI is InChI=1S/C21H20F2N4O4/c1-11(25-20(30)18(28)13-7-14(22)9-15(23)8-13)19(29)26-17-16-6-4-3-5-12(16)10-24-27(2)21(17)31/h3-11,17-18,28H,1-2H3,(H,25,30)(H,26,29)/t11-,17?,18-/m0/s1. The van der Waals surface area contributed by atoms with Gasteiger partial charge in [-0.2, -0.15) is 5.10 Å². The zero-order valence-corrected chi connectivity index (χ0v) is 16.7. The van der Waals surface area contributed by atoms with Gasteiger partial charge in [0.05, 0.1) is 6.21 Å². The molecule has 2 aromatic rings. The lowest BCUT2D eigenvalue weighted by Crippen LogP contribution is -2.49. The number of likely N-dealkylation sites (N-methyl/N-ethyl adjacent to an activating group) is 1. The van der Waals surface area contributed by atoms with Crippen molar-refractivity contribution in [3.63, 3.8) is 0 Å². The fraction of sp³-hybridized carbons (Fsp3) is 0.238. The number of carbonyl (C=O) groups is 3. The summed E-state index contributed by atoms with van der Waals surface area (Å²) in [5.74, 6) is -4.12. The van der Waals surface area contributed by atoms with Crippen LogP contribution in [0.25, 0.3) is 0 Å². The molecule has 3 N–H and O–H groups in total. The molecule has 31 heavy (non-hydrogen) atoms. The molecule has 3 atom stereocenters. The minimum absolute atomic E-state index is 0.297. The number of hydrogen-bond acceptors (Lipinski definition) is 5. The van der Waals surface area contributed by atoms with Crippen LogP contribution in [0.2, 0.25) is 0 Å². The van der Waals surface area contributed by atoms with Gasteiger partial charge in [0.1, 0.15) is 23.7 Å². The van der Waals surface area contributed by atoms with Crippen molar-refractivity contribution in [1.82, 2.24) is 15.6 Å². The first-order chi connectivity index (χ1) is 14.7. The molecule has 1 aliphatic rings. The molecular weight excluding hydrogens is 410 g/mol. The molecule has 0 fully saturated rings. The Morgan fingerprint density at radius 2 is 1.77 bits per heavy atom. The topological polar surface area (TPSA) is 111 Å². The number of amides is 3. The summed E-state index contributed by atoms with van der Waals surface area (Å²) in [4.78, 5) is 37.6. The number of aliphatic hydroxyl groups is 1. The largest absolute Gasteiger partial charge is 0.378 e. The molecule has 3 amide bonds. The van der Waals surface area contributed by atoms with E-state index in [1.54, 1.807) is 24.3 Å². The third-order valence-electron chi connectivity index (χ3n) is 4.73. The van der Waals surface area contributed by atoms with Crippen molar-refractivity contribution >= 4 is 23.9 Å². The SMILES string of the molecule is C[C@H](NC(=O)[C@@H](O)c1cc(F)cc(F)c1)C(=O)NC1C(=O)N(C)N=Cc2ccccc21. The van der Waals surface area contributed by atoms with Gasteiger partial charge in [0.25, 0.3) is 11.8 Å². The van der Waals surface area contributed by atoms with Crippen LogP contribution in [0.15, 0.2) is 47.6 Å². The molecule has 0 spiro atoms. The maximum absolute atomic E-state index is 13.3. The number of rotatable bonds is 5. The van der Waals surface area contributed by atoms with Gasteiger partial charge in [0, 0.05) is 18.7 Å². The van der Waals surface area contributed by atoms with Crippen molar-refractivity contribution in [1.29, 1.82) is 0 Å². The number of nitrogens with zero attached hydrogens (tertiary/aromatic N) is 2. The van der Waals surface area contributed by atoms with E-state index in [9.17, 15) is 28.3 Å². The number of aliphatic hydroxyl groups excluding tert-OH is 1. The number of fused-ring (bicyclic) bond motifs is 1. The van der Waals surface area contributed by atoms with Gasteiger partial charge in [0.2, 0.25) is 5.91 Å². The van der Waals surface area contributed by atoms with E-state index in [1.165, 1.54) is 20.2 Å². The summed E-state index contributed by atoms with van der Waals surface area (Å²) in [7, 11) is 1.45. The fourth-order valence-corrected chi connectivity index (χ4v) is 3.07. The van der Waals surface area contributed by atoms with E-state index in [2.05, 4.69) is 15.7 Å². The first-order valence-electron chi connectivity index (χ1n) is 9.32. The molecule has 3 rings (SSSR count). The summed E-state index contributed by atoms with van der Waals surface area (Å²) in [6, 6.07) is 6.92. The van der Waals surface area contributed by atoms with Gasteiger partial charge in [-0.25, -0.2) is 13.8 Å². The summed E-state index contributed by atoms with van der Waals surface area (Å²) >= 11 is 0. The lowest BCUT2D eigenvalue weighted by molar-refractivity contribution is -0.137. The fourth-order valence-electron chi connectivity index (χ4n) is 3.07. The van der Waals surface area contributed by atoms with E-state index in [1.807, 2.05) is 0 Å². The number of hydrazone groups is 1. The maximum atomic E-state index is 13.3. The van der Waals surface area contributed by atoms with Crippen LogP contribution >= 0.6 is 0 Å². The molecule has 0 bridgehead atoms. The highest BCUT2D eigenvalue weighted by molar-refractivity contribution is 5.96. The molecule has 0 saturated carbocycles. The lowest BCUT2D eigenvalue weighted by atomic mass is 10.00. The highest BCUT2D eigenvalue weighted by atomic mass is 19.1. The van der Waals surface area contributed by atoms with Gasteiger partial charge < -0.3 is 15.7 Å². The van der Waals surface area contributed by atoms with Crippen LogP contribution in [-0.2, 0) is 14.4 Å². The molecule has 0 aromatic heterocycles. The summed E-state index contributed by atoms with van der Waals surface area (Å²) < 4.78 is 26.7. The van der Waals surface area contributed by atoms with Crippen molar-refractivity contribution in [2.75, 3.05) is 7.05 Å². The minimum atomic E-state index is -1.89. The highest BCUT2D eigenvalue weighted by Gasteiger charge is 2.31. The Morgan fingerprint density at radius 3 is 2.45 bits per heavy atom. The number of benzene rings is 2. The van der Waals surface area contributed by atoms with Crippen molar-refractivity contribution in [3.8, 4) is 0 Å². The van der Waals surface area contributed by atoms with Crippen LogP contribution in [0.1, 0.15) is 35.8 Å². The Balaban J connectivity index is 1.71. The van der Waals surface area contributed by atoms with Gasteiger partial charge in [-0.3, -0.25) is 14.4 Å². The number of nitrogens with one attached hydrogen (secondary N) is 2. The molecule has 0 radical (unpaired) electrons. The van der Waals surface area contributed by atoms with Crippen LogP contribution in [-0.4, -0.2) is 47.1 Å². The highest BCUT2D eigenvalue weighted by Crippen LogP contribution is 2.22. The second kappa shape index (κ2) is 9.00. The number of halogens is 2. The second-order valence-corrected chi connectivity index (χ2v) is 7.01. The third-order valence-corrected chi connectivity index (χ3v) is 4.73. The minimum Gasteiger partial charge on any atom is -0.378 e. The van der Waals surface area contributed by atoms with Crippen molar-refractivity contribution in [2.24, 2.45) is 5.10 Å². The van der Waals surface area contributed by atoms with Crippen LogP contribution in [0.4, 0.5) is 8.78 Å². The molecule has 2 aromatic carbocycles. The summed E-state index contributed by atoms with van der Waals surface area (Å²) in [5, 5.41) is 20.0. The van der Waals surface area contributed by atoms with Crippen molar-refractivity contribution in [2.45, 2.75) is 25.1 Å². The molecule has 1 heterocycles. The average molecular weight is 430 g/mol. The normalized spacial score (nSPS) is 17.4. The van der Waals surface area contributed by atoms with E-state index < -0.39 is 47.5 Å². The van der Waals surface area contributed by atoms with Crippen LogP contribution < -0.4 is 10.6 Å². The Kier molecular flexibility index (Phi) is 6.40. The molecular formula is C21H20F2N4O4. The number of carbonyl (C=O) groups excluding carboxylic acids is 3. The van der Waals surface area contributed by atoms with Gasteiger partial charge in [-0.05, 0) is 30.2 Å². The van der Waals surface area contributed by atoms with Crippen molar-refractivity contribution in [3.05, 3.63) is 70.8 Å². The zero-order valence-electron chi connectivity index (χ0n) is 16.7. The summed E-state index contributed by atoms with van der Waals surface area (Å²) in [6.07, 6.45) is -0.390. The van der Waals surface area contributed by atoms with Crippen LogP contribution in [0.3, 0.4) is 0 Å². The molecule has 1 unspecified atom stereocenters. The Bertz CT molecular complexity index is 1040. The zero-order chi connectivity index (χ0) is 22.7. The van der Waals surface area contributed by atoms with E-state index in [0.29, 0.717) is 17.2 Å². The summed E-state index contributed by atoms with van der Waals surface area (Å²) in [6.45, 7) is 1.35. The molecule has 1 aliphatic heterocycles. The molecule has 162 valence electrons. The molecule has 8 nitrogen and oxygen atoms in total. The van der Waals surface area contributed by atoms with Gasteiger partial charge in [0.15, 0.2) is 6.10 Å². The Labute approximate surface area is 176 Å². The predicted molar refractivity (Wildman–Crippen MR) is 107 cm³/mol. The molecule has 0 aliphatic carbocycles. The van der Waals surface area contributed by atoms with E-state index >= 15 is 0 Å². The maximum Gasteiger partial charge on any atom is 0.269 e. The predicted octanol–water partition coefficient (Wildman–Crippen LogP) is 1.17. The lowest BCUT2D eigenvalue weighted by Gasteiger charge is -2.23. The smallest absolute Gasteiger partial charge is 0.269 e. The first kappa shape index (κ1) is 22.0. The van der Waals surface area contributed by atoms with Crippen LogP contribution in [0, 0.1) is 11.6 Å². The van der Waals surface area contributed by atoms with E-state index in [-0.39, 0.29) is 5.56 Å². The van der Waals surface area contributed by atoms with Gasteiger partial charge in [-0.1, -0.05) is 24.3 Å². The third kappa shape index (κ3) is 4.92. The Hall–Kier alpha value is -3.66.